The molecular formula is C17H19N5O3. The first-order chi connectivity index (χ1) is 12.0. The number of hydrogen-bond donors (Lipinski definition) is 2. The number of benzene rings is 1. The van der Waals surface area contributed by atoms with Gasteiger partial charge in [0.25, 0.3) is 5.91 Å². The molecule has 0 radical (unpaired) electrons. The quantitative estimate of drug-likeness (QED) is 0.861. The largest absolute Gasteiger partial charge is 0.480 e. The predicted molar refractivity (Wildman–Crippen MR) is 93.6 cm³/mol. The molecule has 25 heavy (non-hydrogen) atoms. The van der Waals surface area contributed by atoms with Crippen LogP contribution in [0.1, 0.15) is 19.0 Å². The first kappa shape index (κ1) is 16.7. The first-order valence-electron chi connectivity index (χ1n) is 7.98. The molecule has 1 amide bonds. The van der Waals surface area contributed by atoms with Gasteiger partial charge in [-0.15, -0.1) is 0 Å². The minimum atomic E-state index is -1.02. The van der Waals surface area contributed by atoms with Gasteiger partial charge in [-0.25, -0.2) is 4.79 Å². The molecule has 1 atom stereocenters. The maximum Gasteiger partial charge on any atom is 0.328 e. The fourth-order valence-electron chi connectivity index (χ4n) is 2.75. The summed E-state index contributed by atoms with van der Waals surface area (Å²) in [7, 11) is 1.78. The van der Waals surface area contributed by atoms with E-state index >= 15 is 0 Å². The van der Waals surface area contributed by atoms with E-state index in [0.29, 0.717) is 17.8 Å². The Labute approximate surface area is 144 Å². The number of hydrogen-bond acceptors (Lipinski definition) is 5. The van der Waals surface area contributed by atoms with Crippen molar-refractivity contribution in [3.8, 4) is 0 Å². The van der Waals surface area contributed by atoms with Gasteiger partial charge in [0, 0.05) is 19.7 Å². The summed E-state index contributed by atoms with van der Waals surface area (Å²) in [5.41, 5.74) is 2.20. The highest BCUT2D eigenvalue weighted by Crippen LogP contribution is 2.25. The summed E-state index contributed by atoms with van der Waals surface area (Å²) in [6, 6.07) is 8.05. The van der Waals surface area contributed by atoms with Gasteiger partial charge in [0.2, 0.25) is 0 Å². The van der Waals surface area contributed by atoms with Crippen LogP contribution in [0.25, 0.3) is 0 Å². The van der Waals surface area contributed by atoms with Crippen LogP contribution in [0.4, 0.5) is 11.4 Å². The van der Waals surface area contributed by atoms with Gasteiger partial charge < -0.3 is 10.4 Å². The number of carboxylic acids is 1. The van der Waals surface area contributed by atoms with Crippen LogP contribution in [0.3, 0.4) is 0 Å². The van der Waals surface area contributed by atoms with E-state index in [1.807, 2.05) is 13.0 Å². The molecule has 1 aliphatic rings. The summed E-state index contributed by atoms with van der Waals surface area (Å²) in [6.07, 6.45) is 2.44. The summed E-state index contributed by atoms with van der Waals surface area (Å²) in [4.78, 5) is 24.1. The molecule has 0 spiro atoms. The van der Waals surface area contributed by atoms with Gasteiger partial charge in [-0.2, -0.15) is 10.2 Å². The molecule has 0 aliphatic carbocycles. The highest BCUT2D eigenvalue weighted by atomic mass is 16.4. The van der Waals surface area contributed by atoms with Crippen molar-refractivity contribution in [1.29, 1.82) is 0 Å². The third kappa shape index (κ3) is 3.37. The van der Waals surface area contributed by atoms with Crippen molar-refractivity contribution in [3.63, 3.8) is 0 Å². The highest BCUT2D eigenvalue weighted by Gasteiger charge is 2.36. The highest BCUT2D eigenvalue weighted by molar-refractivity contribution is 6.44. The van der Waals surface area contributed by atoms with Crippen molar-refractivity contribution >= 4 is 29.0 Å². The lowest BCUT2D eigenvalue weighted by Gasteiger charge is -2.19. The molecule has 1 aliphatic heterocycles. The summed E-state index contributed by atoms with van der Waals surface area (Å²) < 4.78 is 1.63. The summed E-state index contributed by atoms with van der Waals surface area (Å²) in [5.74, 6) is -1.43. The molecule has 0 fully saturated rings. The van der Waals surface area contributed by atoms with Gasteiger partial charge in [-0.05, 0) is 18.6 Å². The van der Waals surface area contributed by atoms with Gasteiger partial charge in [-0.3, -0.25) is 14.5 Å². The molecule has 3 rings (SSSR count). The normalized spacial score (nSPS) is 16.6. The van der Waals surface area contributed by atoms with E-state index in [4.69, 9.17) is 0 Å². The Morgan fingerprint density at radius 2 is 2.04 bits per heavy atom. The van der Waals surface area contributed by atoms with E-state index in [0.717, 1.165) is 5.69 Å². The number of carbonyl (C=O) groups excluding carboxylic acids is 1. The number of aromatic nitrogens is 2. The van der Waals surface area contributed by atoms with Gasteiger partial charge in [0.15, 0.2) is 6.04 Å². The van der Waals surface area contributed by atoms with Crippen LogP contribution < -0.4 is 10.3 Å². The third-order valence-electron chi connectivity index (χ3n) is 3.97. The molecule has 130 valence electrons. The molecule has 2 heterocycles. The van der Waals surface area contributed by atoms with E-state index in [2.05, 4.69) is 15.5 Å². The Kier molecular flexibility index (Phi) is 4.51. The fraction of sp³-hybridized carbons (Fsp3) is 0.294. The average Bonchev–Trinajstić information content (AvgIpc) is 3.19. The maximum atomic E-state index is 12.5. The number of amides is 1. The Morgan fingerprint density at radius 1 is 1.32 bits per heavy atom. The third-order valence-corrected chi connectivity index (χ3v) is 3.97. The van der Waals surface area contributed by atoms with Crippen LogP contribution in [0.2, 0.25) is 0 Å². The van der Waals surface area contributed by atoms with Crippen molar-refractivity contribution in [3.05, 3.63) is 42.2 Å². The van der Waals surface area contributed by atoms with Gasteiger partial charge in [0.1, 0.15) is 5.71 Å². The Morgan fingerprint density at radius 3 is 2.68 bits per heavy atom. The SMILES string of the molecule is CCc1nn(C)cc1NC(=O)C1=NN(c2ccccc2)C(C(=O)O)C1. The number of nitrogens with one attached hydrogen (secondary N) is 1. The standard InChI is InChI=1S/C17H19N5O3/c1-3-12-14(10-21(2)19-12)18-16(23)13-9-15(17(24)25)22(20-13)11-7-5-4-6-8-11/h4-8,10,15H,3,9H2,1-2H3,(H,18,23)(H,24,25). The lowest BCUT2D eigenvalue weighted by atomic mass is 10.1. The number of carboxylic acid groups (broad SMARTS) is 1. The second kappa shape index (κ2) is 6.76. The zero-order valence-corrected chi connectivity index (χ0v) is 14.0. The summed E-state index contributed by atoms with van der Waals surface area (Å²) in [5, 5.41) is 22.1. The van der Waals surface area contributed by atoms with Crippen LogP contribution in [0.5, 0.6) is 0 Å². The number of nitrogens with zero attached hydrogens (tertiary/aromatic N) is 4. The second-order valence-electron chi connectivity index (χ2n) is 5.76. The Bertz CT molecular complexity index is 828. The minimum absolute atomic E-state index is 0.0395. The lowest BCUT2D eigenvalue weighted by Crippen LogP contribution is -2.34. The molecular weight excluding hydrogens is 322 g/mol. The second-order valence-corrected chi connectivity index (χ2v) is 5.76. The molecule has 0 bridgehead atoms. The summed E-state index contributed by atoms with van der Waals surface area (Å²) >= 11 is 0. The van der Waals surface area contributed by atoms with Crippen molar-refractivity contribution in [2.75, 3.05) is 10.3 Å². The molecule has 8 nitrogen and oxygen atoms in total. The molecule has 1 aromatic carbocycles. The number of aliphatic carboxylic acids is 1. The van der Waals surface area contributed by atoms with E-state index in [1.54, 1.807) is 42.2 Å². The van der Waals surface area contributed by atoms with Gasteiger partial charge in [0.05, 0.1) is 17.1 Å². The zero-order valence-electron chi connectivity index (χ0n) is 14.0. The van der Waals surface area contributed by atoms with Crippen molar-refractivity contribution in [2.24, 2.45) is 12.1 Å². The van der Waals surface area contributed by atoms with E-state index < -0.39 is 17.9 Å². The number of anilines is 2. The number of para-hydroxylation sites is 1. The lowest BCUT2D eigenvalue weighted by molar-refractivity contribution is -0.138. The predicted octanol–water partition coefficient (Wildman–Crippen LogP) is 1.64. The molecule has 1 unspecified atom stereocenters. The number of aryl methyl sites for hydroxylation is 2. The van der Waals surface area contributed by atoms with Crippen molar-refractivity contribution in [2.45, 2.75) is 25.8 Å². The van der Waals surface area contributed by atoms with E-state index in [-0.39, 0.29) is 12.1 Å². The van der Waals surface area contributed by atoms with Gasteiger partial charge >= 0.3 is 5.97 Å². The topological polar surface area (TPSA) is 99.8 Å². The number of rotatable bonds is 5. The zero-order chi connectivity index (χ0) is 18.0. The maximum absolute atomic E-state index is 12.5. The number of carbonyl (C=O) groups is 2. The average molecular weight is 341 g/mol. The van der Waals surface area contributed by atoms with E-state index in [1.165, 1.54) is 5.01 Å². The fourth-order valence-corrected chi connectivity index (χ4v) is 2.75. The Balaban J connectivity index is 1.84. The van der Waals surface area contributed by atoms with Crippen LogP contribution in [0.15, 0.2) is 41.6 Å². The van der Waals surface area contributed by atoms with Crippen LogP contribution >= 0.6 is 0 Å². The van der Waals surface area contributed by atoms with Crippen molar-refractivity contribution in [1.82, 2.24) is 9.78 Å². The minimum Gasteiger partial charge on any atom is -0.480 e. The van der Waals surface area contributed by atoms with Gasteiger partial charge in [-0.1, -0.05) is 25.1 Å². The molecule has 8 heteroatoms. The molecule has 0 saturated carbocycles. The monoisotopic (exact) mass is 341 g/mol. The van der Waals surface area contributed by atoms with Crippen molar-refractivity contribution < 1.29 is 14.7 Å². The molecule has 2 aromatic rings. The van der Waals surface area contributed by atoms with Crippen LogP contribution in [-0.4, -0.2) is 38.5 Å². The van der Waals surface area contributed by atoms with Crippen LogP contribution in [-0.2, 0) is 23.1 Å². The molecule has 0 saturated heterocycles. The first-order valence-corrected chi connectivity index (χ1v) is 7.98. The molecule has 1 aromatic heterocycles. The Hall–Kier alpha value is -3.16. The summed E-state index contributed by atoms with van der Waals surface area (Å²) in [6.45, 7) is 1.95. The van der Waals surface area contributed by atoms with Crippen LogP contribution in [0, 0.1) is 0 Å². The molecule has 2 N–H and O–H groups in total. The smallest absolute Gasteiger partial charge is 0.328 e. The number of hydrazone groups is 1. The van der Waals surface area contributed by atoms with E-state index in [9.17, 15) is 14.7 Å².